The highest BCUT2D eigenvalue weighted by atomic mass is 19.1. The van der Waals surface area contributed by atoms with E-state index in [0.717, 1.165) is 24.3 Å². The molecule has 3 aromatic rings. The van der Waals surface area contributed by atoms with Gasteiger partial charge in [0.05, 0.1) is 5.56 Å². The maximum absolute atomic E-state index is 12.9. The highest BCUT2D eigenvalue weighted by Gasteiger charge is 2.08. The first-order chi connectivity index (χ1) is 13.1. The second kappa shape index (κ2) is 8.89. The van der Waals surface area contributed by atoms with Crippen LogP contribution in [0, 0.1) is 5.82 Å². The standard InChI is InChI=1S/C21H21FN4O/c1-26(13-10-16-8-11-23-12-9-16)20-7-4-18(15-24-20)21(27)25-14-17-2-5-19(22)6-3-17/h2-9,11-12,15H,10,13-14H2,1H3,(H,25,27). The molecular weight excluding hydrogens is 343 g/mol. The third-order valence-corrected chi connectivity index (χ3v) is 4.25. The third kappa shape index (κ3) is 5.34. The SMILES string of the molecule is CN(CCc1ccncc1)c1ccc(C(=O)NCc2ccc(F)cc2)cn1. The summed E-state index contributed by atoms with van der Waals surface area (Å²) in [6, 6.07) is 13.6. The number of hydrogen-bond acceptors (Lipinski definition) is 4. The average molecular weight is 364 g/mol. The normalized spacial score (nSPS) is 10.4. The van der Waals surface area contributed by atoms with E-state index in [0.29, 0.717) is 12.1 Å². The van der Waals surface area contributed by atoms with Crippen LogP contribution in [0.5, 0.6) is 0 Å². The smallest absolute Gasteiger partial charge is 0.253 e. The van der Waals surface area contributed by atoms with Crippen molar-refractivity contribution in [1.82, 2.24) is 15.3 Å². The summed E-state index contributed by atoms with van der Waals surface area (Å²) in [5.41, 5.74) is 2.54. The lowest BCUT2D eigenvalue weighted by atomic mass is 10.2. The molecule has 0 aliphatic heterocycles. The van der Waals surface area contributed by atoms with Gasteiger partial charge in [-0.1, -0.05) is 12.1 Å². The van der Waals surface area contributed by atoms with Crippen LogP contribution in [0.25, 0.3) is 0 Å². The van der Waals surface area contributed by atoms with Crippen molar-refractivity contribution in [3.05, 3.63) is 89.6 Å². The molecule has 3 rings (SSSR count). The second-order valence-corrected chi connectivity index (χ2v) is 6.24. The molecule has 0 spiro atoms. The fourth-order valence-electron chi connectivity index (χ4n) is 2.59. The molecule has 27 heavy (non-hydrogen) atoms. The lowest BCUT2D eigenvalue weighted by molar-refractivity contribution is 0.0950. The van der Waals surface area contributed by atoms with E-state index in [-0.39, 0.29) is 11.7 Å². The Balaban J connectivity index is 1.52. The number of nitrogens with zero attached hydrogens (tertiary/aromatic N) is 3. The van der Waals surface area contributed by atoms with E-state index >= 15 is 0 Å². The van der Waals surface area contributed by atoms with E-state index in [1.54, 1.807) is 36.8 Å². The Hall–Kier alpha value is -3.28. The van der Waals surface area contributed by atoms with Gasteiger partial charge in [0.1, 0.15) is 11.6 Å². The molecule has 1 aromatic carbocycles. The first kappa shape index (κ1) is 18.5. The lowest BCUT2D eigenvalue weighted by Crippen LogP contribution is -2.24. The summed E-state index contributed by atoms with van der Waals surface area (Å²) in [4.78, 5) is 22.7. The monoisotopic (exact) mass is 364 g/mol. The number of likely N-dealkylation sites (N-methyl/N-ethyl adjacent to an activating group) is 1. The molecule has 1 amide bonds. The minimum Gasteiger partial charge on any atom is -0.359 e. The molecule has 2 heterocycles. The van der Waals surface area contributed by atoms with Gasteiger partial charge in [0.2, 0.25) is 0 Å². The number of amides is 1. The van der Waals surface area contributed by atoms with E-state index in [1.165, 1.54) is 17.7 Å². The second-order valence-electron chi connectivity index (χ2n) is 6.24. The number of rotatable bonds is 7. The molecule has 1 N–H and O–H groups in total. The number of hydrogen-bond donors (Lipinski definition) is 1. The van der Waals surface area contributed by atoms with Crippen molar-refractivity contribution < 1.29 is 9.18 Å². The minimum absolute atomic E-state index is 0.210. The zero-order chi connectivity index (χ0) is 19.1. The van der Waals surface area contributed by atoms with Crippen LogP contribution in [0.4, 0.5) is 10.2 Å². The number of aromatic nitrogens is 2. The van der Waals surface area contributed by atoms with Crippen LogP contribution >= 0.6 is 0 Å². The Bertz CT molecular complexity index is 867. The summed E-state index contributed by atoms with van der Waals surface area (Å²) >= 11 is 0. The van der Waals surface area contributed by atoms with Crippen LogP contribution in [-0.4, -0.2) is 29.5 Å². The van der Waals surface area contributed by atoms with Gasteiger partial charge in [-0.15, -0.1) is 0 Å². The molecule has 0 atom stereocenters. The topological polar surface area (TPSA) is 58.1 Å². The van der Waals surface area contributed by atoms with E-state index in [9.17, 15) is 9.18 Å². The van der Waals surface area contributed by atoms with Gasteiger partial charge in [0.25, 0.3) is 5.91 Å². The molecule has 0 saturated heterocycles. The molecule has 2 aromatic heterocycles. The van der Waals surface area contributed by atoms with Crippen LogP contribution in [0.15, 0.2) is 67.1 Å². The molecule has 0 radical (unpaired) electrons. The molecular formula is C21H21FN4O. The van der Waals surface area contributed by atoms with Gasteiger partial charge < -0.3 is 10.2 Å². The minimum atomic E-state index is -0.294. The molecule has 138 valence electrons. The molecule has 0 aliphatic carbocycles. The fourth-order valence-corrected chi connectivity index (χ4v) is 2.59. The van der Waals surface area contributed by atoms with Crippen LogP contribution in [0.3, 0.4) is 0 Å². The molecule has 0 unspecified atom stereocenters. The van der Waals surface area contributed by atoms with Gasteiger partial charge in [-0.25, -0.2) is 9.37 Å². The predicted molar refractivity (Wildman–Crippen MR) is 103 cm³/mol. The maximum Gasteiger partial charge on any atom is 0.253 e. The van der Waals surface area contributed by atoms with Gasteiger partial charge >= 0.3 is 0 Å². The largest absolute Gasteiger partial charge is 0.359 e. The molecule has 0 fully saturated rings. The Kier molecular flexibility index (Phi) is 6.10. The van der Waals surface area contributed by atoms with Gasteiger partial charge in [0, 0.05) is 38.7 Å². The van der Waals surface area contributed by atoms with Gasteiger partial charge in [-0.05, 0) is 53.9 Å². The lowest BCUT2D eigenvalue weighted by Gasteiger charge is -2.18. The van der Waals surface area contributed by atoms with E-state index < -0.39 is 0 Å². The molecule has 5 nitrogen and oxygen atoms in total. The fraction of sp³-hybridized carbons (Fsp3) is 0.190. The summed E-state index contributed by atoms with van der Waals surface area (Å²) in [7, 11) is 1.97. The Morgan fingerprint density at radius 1 is 1.04 bits per heavy atom. The highest BCUT2D eigenvalue weighted by Crippen LogP contribution is 2.11. The number of nitrogens with one attached hydrogen (secondary N) is 1. The Morgan fingerprint density at radius 3 is 2.44 bits per heavy atom. The summed E-state index contributed by atoms with van der Waals surface area (Å²) in [6.07, 6.45) is 6.03. The van der Waals surface area contributed by atoms with Crippen molar-refractivity contribution in [2.45, 2.75) is 13.0 Å². The van der Waals surface area contributed by atoms with Crippen molar-refractivity contribution in [3.8, 4) is 0 Å². The first-order valence-corrected chi connectivity index (χ1v) is 8.70. The zero-order valence-electron chi connectivity index (χ0n) is 15.1. The zero-order valence-corrected chi connectivity index (χ0v) is 15.1. The van der Waals surface area contributed by atoms with Crippen LogP contribution in [0.2, 0.25) is 0 Å². The van der Waals surface area contributed by atoms with Crippen molar-refractivity contribution in [2.24, 2.45) is 0 Å². The number of carbonyl (C=O) groups excluding carboxylic acids is 1. The number of anilines is 1. The highest BCUT2D eigenvalue weighted by molar-refractivity contribution is 5.94. The van der Waals surface area contributed by atoms with Gasteiger partial charge in [0.15, 0.2) is 0 Å². The molecule has 6 heteroatoms. The first-order valence-electron chi connectivity index (χ1n) is 8.70. The van der Waals surface area contributed by atoms with Crippen molar-refractivity contribution in [1.29, 1.82) is 0 Å². The number of carbonyl (C=O) groups is 1. The maximum atomic E-state index is 12.9. The quantitative estimate of drug-likeness (QED) is 0.699. The number of benzene rings is 1. The van der Waals surface area contributed by atoms with E-state index in [4.69, 9.17) is 0 Å². The predicted octanol–water partition coefficient (Wildman–Crippen LogP) is 3.22. The third-order valence-electron chi connectivity index (χ3n) is 4.25. The van der Waals surface area contributed by atoms with Crippen LogP contribution in [0.1, 0.15) is 21.5 Å². The molecule has 0 aliphatic rings. The molecule has 0 bridgehead atoms. The average Bonchev–Trinajstić information content (AvgIpc) is 2.72. The van der Waals surface area contributed by atoms with E-state index in [2.05, 4.69) is 15.3 Å². The van der Waals surface area contributed by atoms with Crippen molar-refractivity contribution >= 4 is 11.7 Å². The summed E-state index contributed by atoms with van der Waals surface area (Å²) in [5, 5.41) is 2.81. The summed E-state index contributed by atoms with van der Waals surface area (Å²) < 4.78 is 12.9. The summed E-state index contributed by atoms with van der Waals surface area (Å²) in [5.74, 6) is 0.301. The molecule has 0 saturated carbocycles. The van der Waals surface area contributed by atoms with Gasteiger partial charge in [-0.3, -0.25) is 9.78 Å². The van der Waals surface area contributed by atoms with Gasteiger partial charge in [-0.2, -0.15) is 0 Å². The van der Waals surface area contributed by atoms with Crippen molar-refractivity contribution in [3.63, 3.8) is 0 Å². The van der Waals surface area contributed by atoms with E-state index in [1.807, 2.05) is 30.1 Å². The Morgan fingerprint density at radius 2 is 1.78 bits per heavy atom. The van der Waals surface area contributed by atoms with Crippen molar-refractivity contribution in [2.75, 3.05) is 18.5 Å². The number of halogens is 1. The van der Waals surface area contributed by atoms with Crippen LogP contribution < -0.4 is 10.2 Å². The summed E-state index contributed by atoms with van der Waals surface area (Å²) in [6.45, 7) is 1.15. The van der Waals surface area contributed by atoms with Crippen LogP contribution in [-0.2, 0) is 13.0 Å². The Labute approximate surface area is 157 Å². The number of pyridine rings is 2.